The normalized spacial score (nSPS) is 20.3. The van der Waals surface area contributed by atoms with Crippen molar-refractivity contribution in [3.63, 3.8) is 0 Å². The van der Waals surface area contributed by atoms with Gasteiger partial charge in [-0.2, -0.15) is 5.10 Å². The van der Waals surface area contributed by atoms with Crippen molar-refractivity contribution in [2.75, 3.05) is 31.6 Å². The van der Waals surface area contributed by atoms with E-state index in [1.54, 1.807) is 26.2 Å². The Bertz CT molecular complexity index is 1460. The summed E-state index contributed by atoms with van der Waals surface area (Å²) in [5, 5.41) is 7.49. The fourth-order valence-corrected chi connectivity index (χ4v) is 6.31. The molecule has 0 aromatic carbocycles. The number of hydrogen-bond donors (Lipinski definition) is 1. The van der Waals surface area contributed by atoms with E-state index >= 15 is 0 Å². The molecule has 3 aromatic heterocycles. The van der Waals surface area contributed by atoms with E-state index in [4.69, 9.17) is 4.74 Å². The van der Waals surface area contributed by atoms with Crippen LogP contribution in [0.4, 0.5) is 20.3 Å². The van der Waals surface area contributed by atoms with Gasteiger partial charge >= 0.3 is 0 Å². The van der Waals surface area contributed by atoms with Crippen LogP contribution in [0, 0.1) is 13.8 Å². The fourth-order valence-electron chi connectivity index (χ4n) is 6.31. The summed E-state index contributed by atoms with van der Waals surface area (Å²) >= 11 is 0. The molecule has 1 aliphatic carbocycles. The second-order valence-corrected chi connectivity index (χ2v) is 10.6. The third-order valence-electron chi connectivity index (χ3n) is 8.10. The van der Waals surface area contributed by atoms with Gasteiger partial charge in [-0.1, -0.05) is 12.8 Å². The summed E-state index contributed by atoms with van der Waals surface area (Å²) in [5.41, 5.74) is 2.45. The second kappa shape index (κ2) is 8.61. The lowest BCUT2D eigenvalue weighted by molar-refractivity contribution is 0.0112. The Morgan fingerprint density at radius 1 is 1.16 bits per heavy atom. The molecule has 1 N–H and O–H groups in total. The number of halogens is 2. The molecule has 0 unspecified atom stereocenters. The maximum Gasteiger partial charge on any atom is 0.275 e. The van der Waals surface area contributed by atoms with Crippen molar-refractivity contribution >= 4 is 22.8 Å². The van der Waals surface area contributed by atoms with Gasteiger partial charge in [0.05, 0.1) is 24.0 Å². The van der Waals surface area contributed by atoms with Gasteiger partial charge in [-0.15, -0.1) is 0 Å². The molecule has 196 valence electrons. The molecule has 0 bridgehead atoms. The number of ether oxygens (including phenoxy) is 1. The highest BCUT2D eigenvalue weighted by Crippen LogP contribution is 2.45. The number of anilines is 2. The molecule has 0 radical (unpaired) electrons. The number of nitrogens with one attached hydrogen (secondary N) is 1. The average molecular weight is 513 g/mol. The molecule has 1 saturated heterocycles. The lowest BCUT2D eigenvalue weighted by atomic mass is 9.94. The number of Topliss-reactive ketones (excluding diaryl/α,β-unsaturated/α-hetero) is 1. The quantitative estimate of drug-likeness (QED) is 0.537. The molecular weight excluding hydrogens is 482 g/mol. The number of hydrogen-bond acceptors (Lipinski definition) is 7. The minimum absolute atomic E-state index is 0.0364. The molecule has 6 rings (SSSR count). The van der Waals surface area contributed by atoms with E-state index in [0.717, 1.165) is 36.8 Å². The molecule has 5 heterocycles. The van der Waals surface area contributed by atoms with Crippen LogP contribution >= 0.6 is 0 Å². The number of nitrogens with zero attached hydrogens (tertiary/aromatic N) is 5. The van der Waals surface area contributed by atoms with Crippen LogP contribution in [0.5, 0.6) is 5.75 Å². The van der Waals surface area contributed by atoms with Gasteiger partial charge in [0, 0.05) is 31.5 Å². The molecule has 0 amide bonds. The average Bonchev–Trinajstić information content (AvgIpc) is 3.59. The van der Waals surface area contributed by atoms with E-state index in [2.05, 4.69) is 15.4 Å². The Labute approximate surface area is 212 Å². The Balaban J connectivity index is 1.29. The number of carbonyl (C=O) groups excluding carboxylic acids is 1. The van der Waals surface area contributed by atoms with Crippen molar-refractivity contribution < 1.29 is 18.3 Å². The van der Waals surface area contributed by atoms with Crippen LogP contribution in [0.15, 0.2) is 23.4 Å². The van der Waals surface area contributed by atoms with Crippen LogP contribution in [0.2, 0.25) is 0 Å². The van der Waals surface area contributed by atoms with Crippen LogP contribution in [-0.4, -0.2) is 62.0 Å². The SMILES string of the molecule is Cc1cc(Nc2ncnn3cc(OCCN4CCC(F)(F)C4)c(C)c23)c(=O)n2c1C(=O)CC21CCCC1. The number of carbonyl (C=O) groups is 1. The van der Waals surface area contributed by atoms with Gasteiger partial charge in [-0.05, 0) is 38.3 Å². The number of aromatic nitrogens is 4. The number of aryl methyl sites for hydroxylation is 2. The monoisotopic (exact) mass is 512 g/mol. The predicted molar refractivity (Wildman–Crippen MR) is 133 cm³/mol. The first-order valence-electron chi connectivity index (χ1n) is 12.8. The number of likely N-dealkylation sites (tertiary alicyclic amines) is 1. The molecule has 37 heavy (non-hydrogen) atoms. The van der Waals surface area contributed by atoms with Crippen molar-refractivity contribution in [3.05, 3.63) is 45.8 Å². The van der Waals surface area contributed by atoms with Gasteiger partial charge in [0.15, 0.2) is 11.6 Å². The first-order chi connectivity index (χ1) is 17.7. The summed E-state index contributed by atoms with van der Waals surface area (Å²) in [6.07, 6.45) is 7.07. The summed E-state index contributed by atoms with van der Waals surface area (Å²) in [4.78, 5) is 32.6. The van der Waals surface area contributed by atoms with Crippen LogP contribution in [0.25, 0.3) is 5.52 Å². The molecule has 3 aromatic rings. The summed E-state index contributed by atoms with van der Waals surface area (Å²) in [6.45, 7) is 4.53. The topological polar surface area (TPSA) is 93.8 Å². The maximum atomic E-state index is 13.7. The van der Waals surface area contributed by atoms with Gasteiger partial charge in [0.1, 0.15) is 29.9 Å². The predicted octanol–water partition coefficient (Wildman–Crippen LogP) is 3.83. The number of ketones is 1. The van der Waals surface area contributed by atoms with Crippen molar-refractivity contribution in [3.8, 4) is 5.75 Å². The molecule has 11 heteroatoms. The van der Waals surface area contributed by atoms with Gasteiger partial charge in [-0.25, -0.2) is 18.3 Å². The third kappa shape index (κ3) is 4.00. The standard InChI is InChI=1S/C26H30F2N6O3/c1-16-11-18(24(36)34-21(16)19(35)12-25(34)5-3-4-6-25)31-23-22-17(2)20(13-33(22)30-15-29-23)37-10-9-32-8-7-26(27,28)14-32/h11,13,15H,3-10,12,14H2,1-2H3,(H,29,30,31). The first kappa shape index (κ1) is 24.0. The summed E-state index contributed by atoms with van der Waals surface area (Å²) in [7, 11) is 0. The zero-order valence-electron chi connectivity index (χ0n) is 21.0. The van der Waals surface area contributed by atoms with Crippen LogP contribution < -0.4 is 15.6 Å². The van der Waals surface area contributed by atoms with Crippen molar-refractivity contribution in [1.82, 2.24) is 24.1 Å². The van der Waals surface area contributed by atoms with Gasteiger partial charge < -0.3 is 10.1 Å². The number of fused-ring (bicyclic) bond motifs is 3. The Morgan fingerprint density at radius 2 is 1.95 bits per heavy atom. The zero-order valence-corrected chi connectivity index (χ0v) is 21.0. The van der Waals surface area contributed by atoms with Gasteiger partial charge in [-0.3, -0.25) is 19.1 Å². The van der Waals surface area contributed by atoms with E-state index in [0.29, 0.717) is 48.0 Å². The molecule has 2 fully saturated rings. The molecular formula is C26H30F2N6O3. The molecule has 1 saturated carbocycles. The largest absolute Gasteiger partial charge is 0.490 e. The smallest absolute Gasteiger partial charge is 0.275 e. The van der Waals surface area contributed by atoms with Crippen molar-refractivity contribution in [2.24, 2.45) is 0 Å². The Morgan fingerprint density at radius 3 is 2.68 bits per heavy atom. The van der Waals surface area contributed by atoms with Gasteiger partial charge in [0.25, 0.3) is 11.5 Å². The summed E-state index contributed by atoms with van der Waals surface area (Å²) in [5.74, 6) is -1.57. The highest BCUT2D eigenvalue weighted by molar-refractivity contribution is 5.99. The first-order valence-corrected chi connectivity index (χ1v) is 12.8. The minimum Gasteiger partial charge on any atom is -0.490 e. The van der Waals surface area contributed by atoms with E-state index < -0.39 is 11.5 Å². The third-order valence-corrected chi connectivity index (χ3v) is 8.10. The van der Waals surface area contributed by atoms with E-state index in [1.165, 1.54) is 6.33 Å². The number of rotatable bonds is 6. The van der Waals surface area contributed by atoms with Crippen LogP contribution in [0.1, 0.15) is 60.1 Å². The molecule has 3 aliphatic rings. The van der Waals surface area contributed by atoms with Crippen molar-refractivity contribution in [2.45, 2.75) is 63.8 Å². The lowest BCUT2D eigenvalue weighted by Gasteiger charge is -2.26. The van der Waals surface area contributed by atoms with E-state index in [1.807, 2.05) is 13.8 Å². The number of alkyl halides is 2. The van der Waals surface area contributed by atoms with Crippen molar-refractivity contribution in [1.29, 1.82) is 0 Å². The Kier molecular flexibility index (Phi) is 5.59. The van der Waals surface area contributed by atoms with Gasteiger partial charge in [0.2, 0.25) is 0 Å². The highest BCUT2D eigenvalue weighted by Gasteiger charge is 2.46. The van der Waals surface area contributed by atoms with E-state index in [9.17, 15) is 18.4 Å². The Hall–Kier alpha value is -3.34. The molecule has 0 atom stereocenters. The van der Waals surface area contributed by atoms with E-state index in [-0.39, 0.29) is 30.9 Å². The maximum absolute atomic E-state index is 13.7. The summed E-state index contributed by atoms with van der Waals surface area (Å²) in [6, 6.07) is 1.72. The molecule has 9 nitrogen and oxygen atoms in total. The zero-order chi connectivity index (χ0) is 25.9. The summed E-state index contributed by atoms with van der Waals surface area (Å²) < 4.78 is 36.2. The fraction of sp³-hybridized carbons (Fsp3) is 0.538. The minimum atomic E-state index is -2.63. The van der Waals surface area contributed by atoms with Crippen LogP contribution in [-0.2, 0) is 5.54 Å². The molecule has 2 aliphatic heterocycles. The van der Waals surface area contributed by atoms with Crippen LogP contribution in [0.3, 0.4) is 0 Å². The lowest BCUT2D eigenvalue weighted by Crippen LogP contribution is -2.37. The number of pyridine rings is 1. The second-order valence-electron chi connectivity index (χ2n) is 10.6. The molecule has 1 spiro atoms. The highest BCUT2D eigenvalue weighted by atomic mass is 19.3.